The standard InChI is InChI=1S/C12H20N2O2S/c1-10(2)6-5-9-14-11-7-3-4-8-12(11)17(13,15)16/h3-4,7-8,10,14H,5-6,9H2,1-2H3,(H2,13,15,16). The summed E-state index contributed by atoms with van der Waals surface area (Å²) in [4.78, 5) is 0.157. The van der Waals surface area contributed by atoms with Crippen LogP contribution in [0.1, 0.15) is 26.7 Å². The molecule has 0 aliphatic heterocycles. The van der Waals surface area contributed by atoms with Crippen molar-refractivity contribution in [2.45, 2.75) is 31.6 Å². The number of nitrogens with one attached hydrogen (secondary N) is 1. The fourth-order valence-corrected chi connectivity index (χ4v) is 2.31. The summed E-state index contributed by atoms with van der Waals surface area (Å²) in [7, 11) is -3.65. The predicted octanol–water partition coefficient (Wildman–Crippen LogP) is 2.18. The SMILES string of the molecule is CC(C)CCCNc1ccccc1S(N)(=O)=O. The fourth-order valence-electron chi connectivity index (χ4n) is 1.59. The Kier molecular flexibility index (Phi) is 4.96. The molecule has 0 heterocycles. The maximum Gasteiger partial charge on any atom is 0.240 e. The van der Waals surface area contributed by atoms with Crippen molar-refractivity contribution in [3.63, 3.8) is 0 Å². The minimum absolute atomic E-state index is 0.157. The van der Waals surface area contributed by atoms with Crippen molar-refractivity contribution in [2.24, 2.45) is 11.1 Å². The van der Waals surface area contributed by atoms with Gasteiger partial charge >= 0.3 is 0 Å². The highest BCUT2D eigenvalue weighted by Gasteiger charge is 2.12. The highest BCUT2D eigenvalue weighted by Crippen LogP contribution is 2.19. The van der Waals surface area contributed by atoms with Gasteiger partial charge in [0.1, 0.15) is 4.90 Å². The van der Waals surface area contributed by atoms with Crippen LogP contribution in [0.4, 0.5) is 5.69 Å². The first-order valence-electron chi connectivity index (χ1n) is 5.77. The molecule has 0 unspecified atom stereocenters. The van der Waals surface area contributed by atoms with E-state index in [0.717, 1.165) is 19.4 Å². The third-order valence-corrected chi connectivity index (χ3v) is 3.44. The molecule has 0 spiro atoms. The number of benzene rings is 1. The molecule has 0 aliphatic carbocycles. The Bertz CT molecular complexity index is 455. The maximum absolute atomic E-state index is 11.3. The molecule has 1 rings (SSSR count). The molecule has 1 aromatic rings. The van der Waals surface area contributed by atoms with E-state index in [-0.39, 0.29) is 4.90 Å². The lowest BCUT2D eigenvalue weighted by Crippen LogP contribution is -2.15. The molecule has 0 bridgehead atoms. The fraction of sp³-hybridized carbons (Fsp3) is 0.500. The second-order valence-electron chi connectivity index (χ2n) is 4.50. The van der Waals surface area contributed by atoms with E-state index in [2.05, 4.69) is 19.2 Å². The number of anilines is 1. The maximum atomic E-state index is 11.3. The summed E-state index contributed by atoms with van der Waals surface area (Å²) in [5.41, 5.74) is 0.582. The Morgan fingerprint density at radius 3 is 2.53 bits per heavy atom. The van der Waals surface area contributed by atoms with Crippen molar-refractivity contribution in [3.8, 4) is 0 Å². The van der Waals surface area contributed by atoms with Crippen LogP contribution in [-0.2, 0) is 10.0 Å². The van der Waals surface area contributed by atoms with Crippen LogP contribution in [0.25, 0.3) is 0 Å². The lowest BCUT2D eigenvalue weighted by Gasteiger charge is -2.11. The average Bonchev–Trinajstić information content (AvgIpc) is 2.23. The molecule has 17 heavy (non-hydrogen) atoms. The summed E-state index contributed by atoms with van der Waals surface area (Å²) in [6.45, 7) is 5.08. The monoisotopic (exact) mass is 256 g/mol. The molecular formula is C12H20N2O2S. The van der Waals surface area contributed by atoms with Gasteiger partial charge in [0.05, 0.1) is 5.69 Å². The van der Waals surface area contributed by atoms with Crippen LogP contribution in [0.5, 0.6) is 0 Å². The van der Waals surface area contributed by atoms with Crippen molar-refractivity contribution in [3.05, 3.63) is 24.3 Å². The van der Waals surface area contributed by atoms with Gasteiger partial charge in [0.2, 0.25) is 10.0 Å². The molecule has 0 aromatic heterocycles. The van der Waals surface area contributed by atoms with Gasteiger partial charge in [0, 0.05) is 6.54 Å². The first-order chi connectivity index (χ1) is 7.91. The Morgan fingerprint density at radius 2 is 1.94 bits per heavy atom. The van der Waals surface area contributed by atoms with Crippen molar-refractivity contribution in [1.82, 2.24) is 0 Å². The summed E-state index contributed by atoms with van der Waals surface area (Å²) in [6, 6.07) is 6.70. The second kappa shape index (κ2) is 6.02. The number of hydrogen-bond donors (Lipinski definition) is 2. The van der Waals surface area contributed by atoms with Crippen molar-refractivity contribution in [2.75, 3.05) is 11.9 Å². The largest absolute Gasteiger partial charge is 0.384 e. The summed E-state index contributed by atoms with van der Waals surface area (Å²) < 4.78 is 22.7. The third kappa shape index (κ3) is 4.75. The molecule has 4 nitrogen and oxygen atoms in total. The lowest BCUT2D eigenvalue weighted by molar-refractivity contribution is 0.566. The van der Waals surface area contributed by atoms with E-state index < -0.39 is 10.0 Å². The van der Waals surface area contributed by atoms with Crippen LogP contribution in [0.2, 0.25) is 0 Å². The summed E-state index contributed by atoms with van der Waals surface area (Å²) in [5.74, 6) is 0.658. The first-order valence-corrected chi connectivity index (χ1v) is 7.31. The summed E-state index contributed by atoms with van der Waals surface area (Å²) in [6.07, 6.45) is 2.13. The topological polar surface area (TPSA) is 72.2 Å². The number of para-hydroxylation sites is 1. The third-order valence-electron chi connectivity index (χ3n) is 2.47. The Morgan fingerprint density at radius 1 is 1.29 bits per heavy atom. The first kappa shape index (κ1) is 14.0. The van der Waals surface area contributed by atoms with E-state index in [1.54, 1.807) is 18.2 Å². The quantitative estimate of drug-likeness (QED) is 0.766. The van der Waals surface area contributed by atoms with Gasteiger partial charge in [-0.1, -0.05) is 26.0 Å². The molecule has 0 aliphatic rings. The Hall–Kier alpha value is -1.07. The number of nitrogens with two attached hydrogens (primary N) is 1. The summed E-state index contributed by atoms with van der Waals surface area (Å²) >= 11 is 0. The van der Waals surface area contributed by atoms with E-state index in [9.17, 15) is 8.42 Å². The van der Waals surface area contributed by atoms with Gasteiger partial charge in [-0.05, 0) is 30.9 Å². The van der Waals surface area contributed by atoms with Gasteiger partial charge in [0.25, 0.3) is 0 Å². The molecule has 0 radical (unpaired) electrons. The Balaban J connectivity index is 2.65. The lowest BCUT2D eigenvalue weighted by atomic mass is 10.1. The van der Waals surface area contributed by atoms with Gasteiger partial charge in [-0.3, -0.25) is 0 Å². The minimum atomic E-state index is -3.65. The molecular weight excluding hydrogens is 236 g/mol. The van der Waals surface area contributed by atoms with Crippen molar-refractivity contribution >= 4 is 15.7 Å². The molecule has 0 amide bonds. The molecule has 5 heteroatoms. The van der Waals surface area contributed by atoms with E-state index >= 15 is 0 Å². The highest BCUT2D eigenvalue weighted by atomic mass is 32.2. The molecule has 96 valence electrons. The number of hydrogen-bond acceptors (Lipinski definition) is 3. The van der Waals surface area contributed by atoms with Crippen LogP contribution in [0.15, 0.2) is 29.2 Å². The zero-order valence-electron chi connectivity index (χ0n) is 10.3. The second-order valence-corrected chi connectivity index (χ2v) is 6.03. The Labute approximate surface area is 103 Å². The van der Waals surface area contributed by atoms with Gasteiger partial charge in [-0.25, -0.2) is 13.6 Å². The van der Waals surface area contributed by atoms with Crippen molar-refractivity contribution in [1.29, 1.82) is 0 Å². The van der Waals surface area contributed by atoms with Crippen molar-refractivity contribution < 1.29 is 8.42 Å². The minimum Gasteiger partial charge on any atom is -0.384 e. The molecule has 0 saturated heterocycles. The van der Waals surface area contributed by atoms with Gasteiger partial charge in [-0.2, -0.15) is 0 Å². The number of sulfonamides is 1. The van der Waals surface area contributed by atoms with Crippen LogP contribution >= 0.6 is 0 Å². The molecule has 1 aromatic carbocycles. The van der Waals surface area contributed by atoms with Crippen LogP contribution in [0, 0.1) is 5.92 Å². The van der Waals surface area contributed by atoms with Crippen LogP contribution in [-0.4, -0.2) is 15.0 Å². The molecule has 0 atom stereocenters. The average molecular weight is 256 g/mol. The van der Waals surface area contributed by atoms with Crippen LogP contribution in [0.3, 0.4) is 0 Å². The predicted molar refractivity (Wildman–Crippen MR) is 70.4 cm³/mol. The highest BCUT2D eigenvalue weighted by molar-refractivity contribution is 7.89. The van der Waals surface area contributed by atoms with E-state index in [0.29, 0.717) is 11.6 Å². The van der Waals surface area contributed by atoms with E-state index in [1.165, 1.54) is 6.07 Å². The van der Waals surface area contributed by atoms with E-state index in [1.807, 2.05) is 0 Å². The zero-order valence-corrected chi connectivity index (χ0v) is 11.1. The van der Waals surface area contributed by atoms with Crippen LogP contribution < -0.4 is 10.5 Å². The summed E-state index contributed by atoms with van der Waals surface area (Å²) in [5, 5.41) is 8.26. The molecule has 0 fully saturated rings. The van der Waals surface area contributed by atoms with Gasteiger partial charge < -0.3 is 5.32 Å². The molecule has 3 N–H and O–H groups in total. The number of primary sulfonamides is 1. The normalized spacial score (nSPS) is 11.8. The van der Waals surface area contributed by atoms with Gasteiger partial charge in [0.15, 0.2) is 0 Å². The number of rotatable bonds is 6. The molecule has 0 saturated carbocycles. The van der Waals surface area contributed by atoms with E-state index in [4.69, 9.17) is 5.14 Å². The van der Waals surface area contributed by atoms with Gasteiger partial charge in [-0.15, -0.1) is 0 Å². The smallest absolute Gasteiger partial charge is 0.240 e. The zero-order chi connectivity index (χ0) is 12.9.